The number of benzene rings is 1. The fourth-order valence-corrected chi connectivity index (χ4v) is 1.15. The molecule has 0 aromatic heterocycles. The van der Waals surface area contributed by atoms with E-state index in [9.17, 15) is 8.78 Å². The van der Waals surface area contributed by atoms with Gasteiger partial charge in [-0.3, -0.25) is 0 Å². The van der Waals surface area contributed by atoms with Crippen molar-refractivity contribution in [2.45, 2.75) is 19.9 Å². The summed E-state index contributed by atoms with van der Waals surface area (Å²) >= 11 is 0. The second-order valence-corrected chi connectivity index (χ2v) is 3.60. The third-order valence-electron chi connectivity index (χ3n) is 1.93. The smallest absolute Gasteiger partial charge is 0.133 e. The Morgan fingerprint density at radius 2 is 1.87 bits per heavy atom. The highest BCUT2D eigenvalue weighted by atomic mass is 19.1. The quantitative estimate of drug-likeness (QED) is 0.807. The van der Waals surface area contributed by atoms with Crippen LogP contribution in [0.25, 0.3) is 6.08 Å². The highest BCUT2D eigenvalue weighted by Crippen LogP contribution is 2.13. The lowest BCUT2D eigenvalue weighted by Gasteiger charge is -2.03. The molecular weight excluding hydrogens is 196 g/mol. The Kier molecular flexibility index (Phi) is 4.43. The molecule has 0 spiro atoms. The van der Waals surface area contributed by atoms with Crippen molar-refractivity contribution in [2.75, 3.05) is 6.54 Å². The second kappa shape index (κ2) is 5.61. The predicted molar refractivity (Wildman–Crippen MR) is 58.5 cm³/mol. The second-order valence-electron chi connectivity index (χ2n) is 3.60. The van der Waals surface area contributed by atoms with Gasteiger partial charge in [-0.25, -0.2) is 8.78 Å². The van der Waals surface area contributed by atoms with Crippen molar-refractivity contribution in [1.82, 2.24) is 5.32 Å². The van der Waals surface area contributed by atoms with Crippen LogP contribution in [0.2, 0.25) is 0 Å². The number of nitrogens with one attached hydrogen (secondary N) is 1. The largest absolute Gasteiger partial charge is 0.311 e. The van der Waals surface area contributed by atoms with Gasteiger partial charge in [-0.15, -0.1) is 0 Å². The van der Waals surface area contributed by atoms with Crippen LogP contribution in [0.3, 0.4) is 0 Å². The number of hydrogen-bond donors (Lipinski definition) is 1. The Labute approximate surface area is 88.8 Å². The molecule has 82 valence electrons. The summed E-state index contributed by atoms with van der Waals surface area (Å²) in [6.45, 7) is 4.63. The molecule has 1 N–H and O–H groups in total. The Balaban J connectivity index is 2.64. The fraction of sp³-hybridized carbons (Fsp3) is 0.333. The molecule has 0 radical (unpaired) electrons. The van der Waals surface area contributed by atoms with Gasteiger partial charge in [0.2, 0.25) is 0 Å². The predicted octanol–water partition coefficient (Wildman–Crippen LogP) is 2.98. The van der Waals surface area contributed by atoms with Crippen molar-refractivity contribution in [3.63, 3.8) is 0 Å². The van der Waals surface area contributed by atoms with E-state index in [0.29, 0.717) is 12.6 Å². The molecule has 0 amide bonds. The zero-order valence-corrected chi connectivity index (χ0v) is 8.93. The molecule has 1 aromatic rings. The molecule has 0 aliphatic carbocycles. The van der Waals surface area contributed by atoms with Gasteiger partial charge in [0.1, 0.15) is 11.6 Å². The van der Waals surface area contributed by atoms with Crippen molar-refractivity contribution >= 4 is 6.08 Å². The molecule has 0 aliphatic heterocycles. The van der Waals surface area contributed by atoms with E-state index in [2.05, 4.69) is 5.32 Å². The van der Waals surface area contributed by atoms with Crippen molar-refractivity contribution in [1.29, 1.82) is 0 Å². The monoisotopic (exact) mass is 211 g/mol. The number of halogens is 2. The van der Waals surface area contributed by atoms with Crippen LogP contribution in [0.1, 0.15) is 19.4 Å². The molecule has 0 bridgehead atoms. The highest BCUT2D eigenvalue weighted by molar-refractivity contribution is 5.50. The van der Waals surface area contributed by atoms with Crippen LogP contribution in [-0.4, -0.2) is 12.6 Å². The van der Waals surface area contributed by atoms with Gasteiger partial charge in [0.25, 0.3) is 0 Å². The van der Waals surface area contributed by atoms with Gasteiger partial charge < -0.3 is 5.32 Å². The fourth-order valence-electron chi connectivity index (χ4n) is 1.15. The van der Waals surface area contributed by atoms with Crippen LogP contribution in [0.5, 0.6) is 0 Å². The number of rotatable bonds is 4. The maximum absolute atomic E-state index is 13.1. The average Bonchev–Trinajstić information content (AvgIpc) is 2.15. The van der Waals surface area contributed by atoms with Crippen LogP contribution in [0.4, 0.5) is 8.78 Å². The minimum Gasteiger partial charge on any atom is -0.311 e. The maximum atomic E-state index is 13.1. The van der Waals surface area contributed by atoms with Crippen molar-refractivity contribution in [3.8, 4) is 0 Å². The van der Waals surface area contributed by atoms with Crippen LogP contribution in [-0.2, 0) is 0 Å². The van der Waals surface area contributed by atoms with E-state index >= 15 is 0 Å². The lowest BCUT2D eigenvalue weighted by Crippen LogP contribution is -2.22. The van der Waals surface area contributed by atoms with E-state index in [1.54, 1.807) is 6.08 Å². The molecule has 1 nitrogen and oxygen atoms in total. The standard InChI is InChI=1S/C12H15F2N/c1-9(2)15-8-4-5-10-11(13)6-3-7-12(10)14/h3-7,9,15H,8H2,1-2H3. The van der Waals surface area contributed by atoms with E-state index in [-0.39, 0.29) is 5.56 Å². The summed E-state index contributed by atoms with van der Waals surface area (Å²) < 4.78 is 26.2. The van der Waals surface area contributed by atoms with E-state index in [0.717, 1.165) is 0 Å². The Bertz CT molecular complexity index is 325. The first-order valence-electron chi connectivity index (χ1n) is 4.95. The molecule has 3 heteroatoms. The minimum absolute atomic E-state index is 0.0167. The van der Waals surface area contributed by atoms with Crippen LogP contribution >= 0.6 is 0 Å². The molecule has 0 atom stereocenters. The summed E-state index contributed by atoms with van der Waals surface area (Å²) in [5.41, 5.74) is 0.0167. The first-order valence-corrected chi connectivity index (χ1v) is 4.95. The van der Waals surface area contributed by atoms with Gasteiger partial charge in [-0.2, -0.15) is 0 Å². The summed E-state index contributed by atoms with van der Waals surface area (Å²) in [4.78, 5) is 0. The SMILES string of the molecule is CC(C)NCC=Cc1c(F)cccc1F. The molecule has 0 saturated heterocycles. The molecule has 0 fully saturated rings. The van der Waals surface area contributed by atoms with Crippen molar-refractivity contribution in [3.05, 3.63) is 41.5 Å². The Hall–Kier alpha value is -1.22. The minimum atomic E-state index is -0.532. The van der Waals surface area contributed by atoms with E-state index in [1.807, 2.05) is 13.8 Å². The number of hydrogen-bond acceptors (Lipinski definition) is 1. The van der Waals surface area contributed by atoms with Crippen LogP contribution < -0.4 is 5.32 Å². The van der Waals surface area contributed by atoms with E-state index < -0.39 is 11.6 Å². The molecule has 15 heavy (non-hydrogen) atoms. The van der Waals surface area contributed by atoms with Crippen LogP contribution in [0, 0.1) is 11.6 Å². The maximum Gasteiger partial charge on any atom is 0.133 e. The zero-order chi connectivity index (χ0) is 11.3. The normalized spacial score (nSPS) is 11.5. The molecule has 0 unspecified atom stereocenters. The first kappa shape index (κ1) is 11.9. The molecule has 0 heterocycles. The molecular formula is C12H15F2N. The van der Waals surface area contributed by atoms with Crippen molar-refractivity contribution < 1.29 is 8.78 Å². The lowest BCUT2D eigenvalue weighted by molar-refractivity contribution is 0.578. The zero-order valence-electron chi connectivity index (χ0n) is 8.93. The lowest BCUT2D eigenvalue weighted by atomic mass is 10.2. The molecule has 0 saturated carbocycles. The van der Waals surface area contributed by atoms with E-state index in [4.69, 9.17) is 0 Å². The summed E-state index contributed by atoms with van der Waals surface area (Å²) in [5, 5.41) is 3.12. The summed E-state index contributed by atoms with van der Waals surface area (Å²) in [6, 6.07) is 4.21. The van der Waals surface area contributed by atoms with Gasteiger partial charge in [0.15, 0.2) is 0 Å². The third-order valence-corrected chi connectivity index (χ3v) is 1.93. The van der Waals surface area contributed by atoms with E-state index in [1.165, 1.54) is 24.3 Å². The summed E-state index contributed by atoms with van der Waals surface area (Å²) in [5.74, 6) is -1.06. The average molecular weight is 211 g/mol. The highest BCUT2D eigenvalue weighted by Gasteiger charge is 2.03. The summed E-state index contributed by atoms with van der Waals surface area (Å²) in [7, 11) is 0. The van der Waals surface area contributed by atoms with Gasteiger partial charge in [-0.05, 0) is 12.1 Å². The topological polar surface area (TPSA) is 12.0 Å². The van der Waals surface area contributed by atoms with Gasteiger partial charge in [0, 0.05) is 18.2 Å². The Morgan fingerprint density at radius 1 is 1.27 bits per heavy atom. The molecule has 1 rings (SSSR count). The van der Waals surface area contributed by atoms with Gasteiger partial charge >= 0.3 is 0 Å². The van der Waals surface area contributed by atoms with Gasteiger partial charge in [0.05, 0.1) is 0 Å². The summed E-state index contributed by atoms with van der Waals surface area (Å²) in [6.07, 6.45) is 3.17. The Morgan fingerprint density at radius 3 is 2.40 bits per heavy atom. The first-order chi connectivity index (χ1) is 7.11. The molecule has 1 aromatic carbocycles. The molecule has 0 aliphatic rings. The van der Waals surface area contributed by atoms with Crippen LogP contribution in [0.15, 0.2) is 24.3 Å². The van der Waals surface area contributed by atoms with Crippen molar-refractivity contribution in [2.24, 2.45) is 0 Å². The third kappa shape index (κ3) is 3.80. The van der Waals surface area contributed by atoms with Gasteiger partial charge in [-0.1, -0.05) is 32.1 Å².